The van der Waals surface area contributed by atoms with Crippen LogP contribution in [0.5, 0.6) is 5.75 Å². The summed E-state index contributed by atoms with van der Waals surface area (Å²) in [4.78, 5) is 0. The monoisotopic (exact) mass is 332 g/mol. The summed E-state index contributed by atoms with van der Waals surface area (Å²) in [6.07, 6.45) is 6.75. The molecule has 2 aromatic heterocycles. The van der Waals surface area contributed by atoms with E-state index in [1.807, 2.05) is 35.1 Å². The Balaban J connectivity index is 1.40. The van der Waals surface area contributed by atoms with Gasteiger partial charge in [0.15, 0.2) is 0 Å². The normalized spacial score (nSPS) is 11.0. The quantitative estimate of drug-likeness (QED) is 0.515. The van der Waals surface area contributed by atoms with Crippen molar-refractivity contribution in [2.24, 2.45) is 0 Å². The Hall–Kier alpha value is -3.08. The van der Waals surface area contributed by atoms with Crippen molar-refractivity contribution >= 4 is 10.9 Å². The van der Waals surface area contributed by atoms with E-state index >= 15 is 0 Å². The van der Waals surface area contributed by atoms with Gasteiger partial charge in [0, 0.05) is 36.4 Å². The van der Waals surface area contributed by atoms with Crippen molar-refractivity contribution < 1.29 is 4.74 Å². The summed E-state index contributed by atoms with van der Waals surface area (Å²) in [6.45, 7) is 2.41. The zero-order chi connectivity index (χ0) is 16.9. The molecule has 5 nitrogen and oxygen atoms in total. The minimum absolute atomic E-state index is 0.588. The number of benzene rings is 2. The third-order valence-corrected chi connectivity index (χ3v) is 4.25. The second-order valence-corrected chi connectivity index (χ2v) is 6.02. The molecule has 0 unspecified atom stereocenters. The molecule has 126 valence electrons. The van der Waals surface area contributed by atoms with E-state index in [0.29, 0.717) is 6.61 Å². The SMILES string of the molecule is c1ccc(COc2ccc3c(ccn3CCCn3ccnn3)c2)cc1. The van der Waals surface area contributed by atoms with E-state index in [2.05, 4.69) is 51.4 Å². The van der Waals surface area contributed by atoms with Crippen LogP contribution in [0.3, 0.4) is 0 Å². The van der Waals surface area contributed by atoms with Crippen molar-refractivity contribution in [3.05, 3.63) is 78.8 Å². The van der Waals surface area contributed by atoms with Gasteiger partial charge in [0.05, 0.1) is 6.20 Å². The minimum atomic E-state index is 0.588. The smallest absolute Gasteiger partial charge is 0.120 e. The second-order valence-electron chi connectivity index (χ2n) is 6.02. The van der Waals surface area contributed by atoms with E-state index in [1.54, 1.807) is 6.20 Å². The summed E-state index contributed by atoms with van der Waals surface area (Å²) in [5.74, 6) is 0.900. The van der Waals surface area contributed by atoms with Gasteiger partial charge in [-0.05, 0) is 36.2 Å². The molecule has 0 amide bonds. The number of aryl methyl sites for hydroxylation is 2. The number of ether oxygens (including phenoxy) is 1. The van der Waals surface area contributed by atoms with Crippen LogP contribution in [0.4, 0.5) is 0 Å². The second kappa shape index (κ2) is 7.21. The molecule has 0 radical (unpaired) electrons. The van der Waals surface area contributed by atoms with Gasteiger partial charge in [-0.1, -0.05) is 35.5 Å². The van der Waals surface area contributed by atoms with Gasteiger partial charge in [-0.15, -0.1) is 5.10 Å². The highest BCUT2D eigenvalue weighted by Gasteiger charge is 2.04. The number of rotatable bonds is 7. The fraction of sp³-hybridized carbons (Fsp3) is 0.200. The first kappa shape index (κ1) is 15.4. The Kier molecular flexibility index (Phi) is 4.46. The first-order valence-electron chi connectivity index (χ1n) is 8.48. The molecule has 0 spiro atoms. The summed E-state index contributed by atoms with van der Waals surface area (Å²) in [6, 6.07) is 18.6. The molecule has 4 aromatic rings. The molecule has 0 saturated heterocycles. The van der Waals surface area contributed by atoms with Crippen LogP contribution in [0.1, 0.15) is 12.0 Å². The van der Waals surface area contributed by atoms with Gasteiger partial charge in [-0.2, -0.15) is 0 Å². The lowest BCUT2D eigenvalue weighted by molar-refractivity contribution is 0.306. The van der Waals surface area contributed by atoms with Gasteiger partial charge in [0.1, 0.15) is 12.4 Å². The Labute approximate surface area is 146 Å². The zero-order valence-electron chi connectivity index (χ0n) is 14.0. The lowest BCUT2D eigenvalue weighted by atomic mass is 10.2. The Morgan fingerprint density at radius 3 is 2.68 bits per heavy atom. The highest BCUT2D eigenvalue weighted by molar-refractivity contribution is 5.81. The van der Waals surface area contributed by atoms with Crippen LogP contribution in [-0.2, 0) is 19.7 Å². The Morgan fingerprint density at radius 2 is 1.84 bits per heavy atom. The molecular weight excluding hydrogens is 312 g/mol. The summed E-state index contributed by atoms with van der Waals surface area (Å²) >= 11 is 0. The maximum absolute atomic E-state index is 5.91. The first-order chi connectivity index (χ1) is 12.4. The van der Waals surface area contributed by atoms with Crippen LogP contribution < -0.4 is 4.74 Å². The molecule has 0 N–H and O–H groups in total. The molecule has 0 aliphatic rings. The van der Waals surface area contributed by atoms with Gasteiger partial charge in [0.2, 0.25) is 0 Å². The van der Waals surface area contributed by atoms with Crippen LogP contribution >= 0.6 is 0 Å². The van der Waals surface area contributed by atoms with Crippen molar-refractivity contribution in [2.45, 2.75) is 26.1 Å². The van der Waals surface area contributed by atoms with Gasteiger partial charge < -0.3 is 9.30 Å². The molecule has 0 aliphatic carbocycles. The van der Waals surface area contributed by atoms with Crippen molar-refractivity contribution in [1.82, 2.24) is 19.6 Å². The predicted molar refractivity (Wildman–Crippen MR) is 97.4 cm³/mol. The predicted octanol–water partition coefficient (Wildman–Crippen LogP) is 3.90. The maximum atomic E-state index is 5.91. The number of hydrogen-bond donors (Lipinski definition) is 0. The van der Waals surface area contributed by atoms with Crippen molar-refractivity contribution in [1.29, 1.82) is 0 Å². The molecule has 5 heteroatoms. The van der Waals surface area contributed by atoms with E-state index in [1.165, 1.54) is 16.5 Å². The molecule has 2 aromatic carbocycles. The topological polar surface area (TPSA) is 44.9 Å². The summed E-state index contributed by atoms with van der Waals surface area (Å²) in [5.41, 5.74) is 2.40. The summed E-state index contributed by atoms with van der Waals surface area (Å²) < 4.78 is 10.0. The van der Waals surface area contributed by atoms with Crippen molar-refractivity contribution in [3.63, 3.8) is 0 Å². The zero-order valence-corrected chi connectivity index (χ0v) is 14.0. The lowest BCUT2D eigenvalue weighted by Gasteiger charge is -2.08. The molecular formula is C20H20N4O. The fourth-order valence-corrected chi connectivity index (χ4v) is 2.96. The van der Waals surface area contributed by atoms with Crippen LogP contribution in [-0.4, -0.2) is 19.6 Å². The van der Waals surface area contributed by atoms with E-state index in [4.69, 9.17) is 4.74 Å². The number of hydrogen-bond acceptors (Lipinski definition) is 3. The highest BCUT2D eigenvalue weighted by atomic mass is 16.5. The number of fused-ring (bicyclic) bond motifs is 1. The number of nitrogens with zero attached hydrogens (tertiary/aromatic N) is 4. The average molecular weight is 332 g/mol. The molecule has 2 heterocycles. The maximum Gasteiger partial charge on any atom is 0.120 e. The molecule has 25 heavy (non-hydrogen) atoms. The molecule has 0 bridgehead atoms. The molecule has 0 fully saturated rings. The van der Waals surface area contributed by atoms with E-state index in [0.717, 1.165) is 25.3 Å². The van der Waals surface area contributed by atoms with Gasteiger partial charge >= 0.3 is 0 Å². The van der Waals surface area contributed by atoms with Crippen LogP contribution in [0, 0.1) is 0 Å². The molecule has 0 atom stereocenters. The average Bonchev–Trinajstić information content (AvgIpc) is 3.31. The molecule has 0 saturated carbocycles. The first-order valence-corrected chi connectivity index (χ1v) is 8.48. The molecule has 0 aliphatic heterocycles. The summed E-state index contributed by atoms with van der Waals surface area (Å²) in [7, 11) is 0. The van der Waals surface area contributed by atoms with Crippen LogP contribution in [0.25, 0.3) is 10.9 Å². The minimum Gasteiger partial charge on any atom is -0.489 e. The van der Waals surface area contributed by atoms with E-state index in [-0.39, 0.29) is 0 Å². The van der Waals surface area contributed by atoms with Crippen molar-refractivity contribution in [2.75, 3.05) is 0 Å². The van der Waals surface area contributed by atoms with E-state index < -0.39 is 0 Å². The van der Waals surface area contributed by atoms with Gasteiger partial charge in [-0.25, -0.2) is 0 Å². The third-order valence-electron chi connectivity index (χ3n) is 4.25. The standard InChI is InChI=1S/C20H20N4O/c1-2-5-17(6-3-1)16-25-19-7-8-20-18(15-19)9-13-23(20)11-4-12-24-14-10-21-22-24/h1-3,5-10,13-15H,4,11-12,16H2. The van der Waals surface area contributed by atoms with E-state index in [9.17, 15) is 0 Å². The number of aromatic nitrogens is 4. The van der Waals surface area contributed by atoms with Crippen molar-refractivity contribution in [3.8, 4) is 5.75 Å². The lowest BCUT2D eigenvalue weighted by Crippen LogP contribution is -2.04. The third kappa shape index (κ3) is 3.71. The Bertz CT molecular complexity index is 929. The van der Waals surface area contributed by atoms with Gasteiger partial charge in [-0.3, -0.25) is 4.68 Å². The fourth-order valence-electron chi connectivity index (χ4n) is 2.96. The van der Waals surface area contributed by atoms with Crippen LogP contribution in [0.15, 0.2) is 73.2 Å². The Morgan fingerprint density at radius 1 is 0.920 bits per heavy atom. The molecule has 4 rings (SSSR count). The highest BCUT2D eigenvalue weighted by Crippen LogP contribution is 2.23. The largest absolute Gasteiger partial charge is 0.489 e. The summed E-state index contributed by atoms with van der Waals surface area (Å²) in [5, 5.41) is 9.02. The van der Waals surface area contributed by atoms with Crippen LogP contribution in [0.2, 0.25) is 0 Å². The van der Waals surface area contributed by atoms with Gasteiger partial charge in [0.25, 0.3) is 0 Å².